The normalized spacial score (nSPS) is 23.0. The molecule has 0 spiro atoms. The van der Waals surface area contributed by atoms with E-state index in [4.69, 9.17) is 18.7 Å². The van der Waals surface area contributed by atoms with Crippen molar-refractivity contribution in [2.45, 2.75) is 77.6 Å². The molecule has 1 fully saturated rings. The fourth-order valence-corrected chi connectivity index (χ4v) is 5.14. The van der Waals surface area contributed by atoms with E-state index in [0.29, 0.717) is 0 Å². The number of hydrogen-bond donors (Lipinski definition) is 1. The van der Waals surface area contributed by atoms with Crippen molar-refractivity contribution in [1.82, 2.24) is 9.55 Å². The first-order chi connectivity index (χ1) is 19.7. The Labute approximate surface area is 241 Å². The summed E-state index contributed by atoms with van der Waals surface area (Å²) in [4.78, 5) is 75.2. The maximum atomic E-state index is 16.3. The fourth-order valence-electron chi connectivity index (χ4n) is 4.40. The number of alkyl halides is 1. The Bertz CT molecular complexity index is 1450. The van der Waals surface area contributed by atoms with Crippen LogP contribution >= 0.6 is 8.17 Å². The summed E-state index contributed by atoms with van der Waals surface area (Å²) < 4.78 is 43.1. The highest BCUT2D eigenvalue weighted by Gasteiger charge is 2.58. The number of aromatic amines is 1. The minimum atomic E-state index is -2.73. The van der Waals surface area contributed by atoms with Gasteiger partial charge in [-0.3, -0.25) is 23.7 Å². The average Bonchev–Trinajstić information content (AvgIpc) is 3.15. The number of H-pyrrole nitrogens is 1. The Morgan fingerprint density at radius 2 is 1.83 bits per heavy atom. The Hall–Kier alpha value is -3.74. The number of ketones is 2. The first-order valence-electron chi connectivity index (χ1n) is 13.2. The minimum absolute atomic E-state index is 0.0133. The molecule has 1 aromatic carbocycles. The van der Waals surface area contributed by atoms with Crippen molar-refractivity contribution in [3.05, 3.63) is 57.4 Å². The van der Waals surface area contributed by atoms with Gasteiger partial charge < -0.3 is 23.9 Å². The van der Waals surface area contributed by atoms with Crippen molar-refractivity contribution in [1.29, 1.82) is 0 Å². The van der Waals surface area contributed by atoms with Crippen molar-refractivity contribution < 1.29 is 42.4 Å². The van der Waals surface area contributed by atoms with Crippen LogP contribution in [0.25, 0.3) is 0 Å². The Morgan fingerprint density at radius 1 is 1.17 bits per heavy atom. The lowest BCUT2D eigenvalue weighted by molar-refractivity contribution is -0.170. The molecule has 0 bridgehead atoms. The highest BCUT2D eigenvalue weighted by atomic mass is 31.1. The molecule has 1 aromatic heterocycles. The van der Waals surface area contributed by atoms with Crippen LogP contribution in [0, 0.1) is 5.92 Å². The molecule has 3 rings (SSSR count). The summed E-state index contributed by atoms with van der Waals surface area (Å²) in [5, 5.41) is 0. The molecule has 1 saturated heterocycles. The number of nitrogens with one attached hydrogen (secondary N) is 1. The molecule has 0 saturated carbocycles. The summed E-state index contributed by atoms with van der Waals surface area (Å²) in [5.41, 5.74) is -4.08. The molecule has 15 heteroatoms. The summed E-state index contributed by atoms with van der Waals surface area (Å²) in [5.74, 6) is -2.96. The zero-order valence-electron chi connectivity index (χ0n) is 23.8. The third-order valence-electron chi connectivity index (χ3n) is 6.33. The molecule has 1 aliphatic rings. The van der Waals surface area contributed by atoms with E-state index >= 15 is 4.39 Å². The fraction of sp³-hybridized carbons (Fsp3) is 0.519. The van der Waals surface area contributed by atoms with Crippen LogP contribution in [0.3, 0.4) is 0 Å². The molecule has 2 aromatic rings. The second kappa shape index (κ2) is 14.0. The van der Waals surface area contributed by atoms with Gasteiger partial charge in [0.2, 0.25) is 5.75 Å². The number of ether oxygens (including phenoxy) is 3. The van der Waals surface area contributed by atoms with Crippen LogP contribution in [0.4, 0.5) is 4.39 Å². The third-order valence-corrected chi connectivity index (χ3v) is 7.22. The van der Waals surface area contributed by atoms with Crippen LogP contribution in [0.1, 0.15) is 53.7 Å². The topological polar surface area (TPSA) is 178 Å². The average molecular weight is 610 g/mol. The molecule has 1 N–H and O–H groups in total. The number of carbonyl (C=O) groups is 3. The van der Waals surface area contributed by atoms with E-state index in [2.05, 4.69) is 4.74 Å². The number of hydrogen-bond acceptors (Lipinski definition) is 11. The Kier molecular flexibility index (Phi) is 10.9. The predicted molar refractivity (Wildman–Crippen MR) is 146 cm³/mol. The number of benzene rings is 1. The van der Waals surface area contributed by atoms with Crippen LogP contribution in [0.2, 0.25) is 0 Å². The standard InChI is InChI=1S/C27H33FN3O10P/c1-15(2)39-24(35)17(4)30-42(37)41-20-9-7-6-8-19(20)38-14-21-23(18(33)11-10-16(3)32)27(5,28)25(40-21)31-13-12-22(34)29-26(31)36/h6-9,12-13,15,17,21,23,25H,10-11,14H2,1-5H3,(H,29,34,36)/t17-,21?,23?,25+,27+/m0/s1. The molecule has 0 amide bonds. The van der Waals surface area contributed by atoms with Gasteiger partial charge in [0.1, 0.15) is 24.3 Å². The van der Waals surface area contributed by atoms with Crippen molar-refractivity contribution in [2.75, 3.05) is 6.61 Å². The van der Waals surface area contributed by atoms with E-state index in [-0.39, 0.29) is 36.2 Å². The van der Waals surface area contributed by atoms with Gasteiger partial charge in [0, 0.05) is 25.1 Å². The van der Waals surface area contributed by atoms with Crippen molar-refractivity contribution in [3.8, 4) is 11.5 Å². The van der Waals surface area contributed by atoms with Crippen LogP contribution < -0.4 is 25.4 Å². The molecular weight excluding hydrogens is 576 g/mol. The largest absolute Gasteiger partial charge is 0.575 e. The number of esters is 1. The van der Waals surface area contributed by atoms with Crippen molar-refractivity contribution in [2.24, 2.45) is 10.7 Å². The highest BCUT2D eigenvalue weighted by molar-refractivity contribution is 7.34. The maximum Gasteiger partial charge on any atom is 0.395 e. The lowest BCUT2D eigenvalue weighted by Gasteiger charge is -2.27. The molecule has 13 nitrogen and oxygen atoms in total. The number of carbonyl (C=O) groups excluding carboxylic acids is 3. The lowest BCUT2D eigenvalue weighted by Crippen LogP contribution is -2.44. The van der Waals surface area contributed by atoms with Crippen molar-refractivity contribution >= 4 is 25.7 Å². The van der Waals surface area contributed by atoms with Gasteiger partial charge in [0.25, 0.3) is 5.56 Å². The Morgan fingerprint density at radius 3 is 2.45 bits per heavy atom. The number of aromatic nitrogens is 2. The molecule has 228 valence electrons. The number of Topliss-reactive ketones (excluding diaryl/α,β-unsaturated/α-hetero) is 2. The van der Waals surface area contributed by atoms with Gasteiger partial charge >= 0.3 is 19.8 Å². The smallest absolute Gasteiger partial charge is 0.395 e. The van der Waals surface area contributed by atoms with Crippen molar-refractivity contribution in [3.63, 3.8) is 0 Å². The minimum Gasteiger partial charge on any atom is -0.575 e. The summed E-state index contributed by atoms with van der Waals surface area (Å²) in [6.07, 6.45) is -2.53. The quantitative estimate of drug-likeness (QED) is 0.262. The lowest BCUT2D eigenvalue weighted by atomic mass is 9.82. The van der Waals surface area contributed by atoms with Crippen LogP contribution in [-0.2, 0) is 23.9 Å². The molecule has 1 aliphatic heterocycles. The SMILES string of the molecule is CC(=O)CCC(=O)C1C(COc2ccccc2O[P+]([O-])=N[C@@H](C)C(=O)OC(C)C)O[C@@H](n2ccc(=O)[nH]c2=O)[C@]1(C)F. The van der Waals surface area contributed by atoms with Gasteiger partial charge in [0.15, 0.2) is 23.7 Å². The Balaban J connectivity index is 1.85. The second-order valence-electron chi connectivity index (χ2n) is 10.2. The van der Waals surface area contributed by atoms with Gasteiger partial charge in [-0.15, -0.1) is 0 Å². The van der Waals surface area contributed by atoms with Crippen LogP contribution in [0.5, 0.6) is 11.5 Å². The van der Waals surface area contributed by atoms with Gasteiger partial charge in [-0.25, -0.2) is 14.0 Å². The number of nitrogens with zero attached hydrogens (tertiary/aromatic N) is 2. The monoisotopic (exact) mass is 609 g/mol. The number of rotatable bonds is 13. The summed E-state index contributed by atoms with van der Waals surface area (Å²) in [6.45, 7) is 6.73. The first-order valence-corrected chi connectivity index (χ1v) is 14.3. The predicted octanol–water partition coefficient (Wildman–Crippen LogP) is 2.37. The molecule has 3 unspecified atom stereocenters. The highest BCUT2D eigenvalue weighted by Crippen LogP contribution is 2.46. The third kappa shape index (κ3) is 8.17. The summed E-state index contributed by atoms with van der Waals surface area (Å²) in [6, 6.07) is 6.01. The van der Waals surface area contributed by atoms with Gasteiger partial charge in [-0.2, -0.15) is 0 Å². The maximum absolute atomic E-state index is 16.3. The van der Waals surface area contributed by atoms with Gasteiger partial charge in [-0.1, -0.05) is 16.9 Å². The van der Waals surface area contributed by atoms with E-state index in [9.17, 15) is 28.9 Å². The zero-order valence-corrected chi connectivity index (χ0v) is 24.7. The summed E-state index contributed by atoms with van der Waals surface area (Å²) in [7, 11) is -2.73. The van der Waals surface area contributed by atoms with E-state index < -0.39 is 67.7 Å². The summed E-state index contributed by atoms with van der Waals surface area (Å²) >= 11 is 0. The number of para-hydroxylation sites is 2. The van der Waals surface area contributed by atoms with Crippen LogP contribution in [0.15, 0.2) is 50.9 Å². The zero-order chi connectivity index (χ0) is 31.2. The van der Waals surface area contributed by atoms with Gasteiger partial charge in [0.05, 0.1) is 12.0 Å². The van der Waals surface area contributed by atoms with Gasteiger partial charge in [-0.05, 0) is 46.8 Å². The second-order valence-corrected chi connectivity index (χ2v) is 11.1. The molecule has 2 heterocycles. The van der Waals surface area contributed by atoms with Crippen LogP contribution in [-0.4, -0.2) is 57.6 Å². The first kappa shape index (κ1) is 32.8. The van der Waals surface area contributed by atoms with E-state index in [1.807, 2.05) is 4.98 Å². The number of halogens is 1. The van der Waals surface area contributed by atoms with E-state index in [1.165, 1.54) is 26.0 Å². The van der Waals surface area contributed by atoms with E-state index in [1.54, 1.807) is 26.0 Å². The molecule has 42 heavy (non-hydrogen) atoms. The molecule has 0 aliphatic carbocycles. The van der Waals surface area contributed by atoms with E-state index in [0.717, 1.165) is 23.8 Å². The molecule has 0 radical (unpaired) electrons. The molecule has 6 atom stereocenters. The molecular formula is C27H33FN3O10P.